The molecule has 102 valence electrons. The Bertz CT molecular complexity index is 342. The summed E-state index contributed by atoms with van der Waals surface area (Å²) in [6.45, 7) is 0.940. The Morgan fingerprint density at radius 3 is 2.78 bits per heavy atom. The molecule has 0 unspecified atom stereocenters. The first kappa shape index (κ1) is 13.5. The zero-order chi connectivity index (χ0) is 13.2. The van der Waals surface area contributed by atoms with Crippen LogP contribution in [0.25, 0.3) is 0 Å². The van der Waals surface area contributed by atoms with Crippen molar-refractivity contribution in [2.24, 2.45) is 0 Å². The summed E-state index contributed by atoms with van der Waals surface area (Å²) >= 11 is 1.72. The van der Waals surface area contributed by atoms with Crippen LogP contribution < -0.4 is 10.6 Å². The molecule has 0 aromatic carbocycles. The van der Waals surface area contributed by atoms with Crippen LogP contribution in [0.3, 0.4) is 0 Å². The molecule has 3 N–H and O–H groups in total. The van der Waals surface area contributed by atoms with Gasteiger partial charge in [0.25, 0.3) is 0 Å². The second-order valence-corrected chi connectivity index (χ2v) is 5.80. The molecule has 2 aliphatic rings. The fraction of sp³-hybridized carbons (Fsp3) is 0.818. The summed E-state index contributed by atoms with van der Waals surface area (Å²) in [6.07, 6.45) is 3.24. The summed E-state index contributed by atoms with van der Waals surface area (Å²) in [6, 6.07) is -0.131. The lowest BCUT2D eigenvalue weighted by molar-refractivity contribution is -0.121. The van der Waals surface area contributed by atoms with Crippen LogP contribution in [0.1, 0.15) is 19.3 Å². The lowest BCUT2D eigenvalue weighted by atomic mass is 9.98. The molecule has 0 aromatic heterocycles. The number of piperidine rings is 1. The zero-order valence-electron chi connectivity index (χ0n) is 10.4. The highest BCUT2D eigenvalue weighted by atomic mass is 32.2. The zero-order valence-corrected chi connectivity index (χ0v) is 11.3. The molecule has 1 spiro atoms. The number of carboxylic acid groups (broad SMARTS) is 1. The van der Waals surface area contributed by atoms with Crippen LogP contribution in [0.15, 0.2) is 0 Å². The Morgan fingerprint density at radius 2 is 2.22 bits per heavy atom. The van der Waals surface area contributed by atoms with Crippen molar-refractivity contribution in [2.75, 3.05) is 25.1 Å². The molecule has 0 saturated carbocycles. The molecule has 0 bridgehead atoms. The van der Waals surface area contributed by atoms with Crippen molar-refractivity contribution in [3.63, 3.8) is 0 Å². The van der Waals surface area contributed by atoms with Gasteiger partial charge in [-0.3, -0.25) is 10.1 Å². The number of thioether (sulfide) groups is 1. The van der Waals surface area contributed by atoms with Gasteiger partial charge in [-0.15, -0.1) is 0 Å². The van der Waals surface area contributed by atoms with E-state index in [0.29, 0.717) is 25.9 Å². The molecule has 6 nitrogen and oxygen atoms in total. The molecule has 2 heterocycles. The maximum atomic E-state index is 11.9. The Balaban J connectivity index is 1.91. The van der Waals surface area contributed by atoms with E-state index < -0.39 is 6.09 Å². The monoisotopic (exact) mass is 273 g/mol. The summed E-state index contributed by atoms with van der Waals surface area (Å²) in [5.41, 5.74) is -0.383. The summed E-state index contributed by atoms with van der Waals surface area (Å²) in [5, 5.41) is 15.3. The Morgan fingerprint density at radius 1 is 1.56 bits per heavy atom. The highest BCUT2D eigenvalue weighted by Crippen LogP contribution is 2.25. The third kappa shape index (κ3) is 2.72. The third-order valence-electron chi connectivity index (χ3n) is 3.63. The van der Waals surface area contributed by atoms with E-state index in [4.69, 9.17) is 5.11 Å². The first-order valence-electron chi connectivity index (χ1n) is 6.13. The van der Waals surface area contributed by atoms with Gasteiger partial charge in [0.1, 0.15) is 0 Å². The van der Waals surface area contributed by atoms with Gasteiger partial charge in [-0.2, -0.15) is 11.8 Å². The Kier molecular flexibility index (Phi) is 4.01. The van der Waals surface area contributed by atoms with Crippen molar-refractivity contribution in [2.45, 2.75) is 31.0 Å². The van der Waals surface area contributed by atoms with Gasteiger partial charge < -0.3 is 15.3 Å². The number of rotatable bonds is 3. The quantitative estimate of drug-likeness (QED) is 0.689. The van der Waals surface area contributed by atoms with Gasteiger partial charge in [0, 0.05) is 25.9 Å². The molecule has 0 radical (unpaired) electrons. The second-order valence-electron chi connectivity index (χ2n) is 4.82. The SMILES string of the molecule is CSCC[C@@H]1NC2(CCN(C(=O)O)CC2)NC1=O. The van der Waals surface area contributed by atoms with E-state index in [2.05, 4.69) is 10.6 Å². The van der Waals surface area contributed by atoms with Crippen molar-refractivity contribution < 1.29 is 14.7 Å². The lowest BCUT2D eigenvalue weighted by Gasteiger charge is -2.38. The topological polar surface area (TPSA) is 81.7 Å². The first-order valence-corrected chi connectivity index (χ1v) is 7.52. The molecule has 2 amide bonds. The second kappa shape index (κ2) is 5.36. The normalized spacial score (nSPS) is 26.4. The van der Waals surface area contributed by atoms with Crippen LogP contribution >= 0.6 is 11.8 Å². The highest BCUT2D eigenvalue weighted by Gasteiger charge is 2.45. The molecule has 0 aromatic rings. The van der Waals surface area contributed by atoms with E-state index in [1.54, 1.807) is 11.8 Å². The largest absolute Gasteiger partial charge is 0.465 e. The number of carbonyl (C=O) groups is 2. The van der Waals surface area contributed by atoms with Crippen LogP contribution in [0.5, 0.6) is 0 Å². The summed E-state index contributed by atoms with van der Waals surface area (Å²) in [4.78, 5) is 24.1. The molecule has 18 heavy (non-hydrogen) atoms. The molecule has 1 atom stereocenters. The van der Waals surface area contributed by atoms with E-state index in [1.165, 1.54) is 4.90 Å². The number of amides is 2. The van der Waals surface area contributed by atoms with Crippen LogP contribution in [0.4, 0.5) is 4.79 Å². The van der Waals surface area contributed by atoms with Gasteiger partial charge in [0.15, 0.2) is 0 Å². The van der Waals surface area contributed by atoms with Gasteiger partial charge in [-0.05, 0) is 18.4 Å². The molecule has 2 fully saturated rings. The van der Waals surface area contributed by atoms with Crippen molar-refractivity contribution in [1.82, 2.24) is 15.5 Å². The molecule has 2 rings (SSSR count). The summed E-state index contributed by atoms with van der Waals surface area (Å²) in [5.74, 6) is 0.996. The van der Waals surface area contributed by atoms with Gasteiger partial charge in [-0.1, -0.05) is 0 Å². The van der Waals surface area contributed by atoms with Crippen LogP contribution in [-0.4, -0.2) is 58.8 Å². The van der Waals surface area contributed by atoms with Crippen LogP contribution in [0.2, 0.25) is 0 Å². The number of nitrogens with zero attached hydrogens (tertiary/aromatic N) is 1. The predicted molar refractivity (Wildman–Crippen MR) is 69.6 cm³/mol. The van der Waals surface area contributed by atoms with Crippen molar-refractivity contribution in [3.05, 3.63) is 0 Å². The summed E-state index contributed by atoms with van der Waals surface area (Å²) in [7, 11) is 0. The standard InChI is InChI=1S/C11H19N3O3S/c1-18-7-2-8-9(15)13-11(12-8)3-5-14(6-4-11)10(16)17/h8,12H,2-7H2,1H3,(H,13,15)(H,16,17)/t8-/m0/s1. The maximum absolute atomic E-state index is 11.9. The third-order valence-corrected chi connectivity index (χ3v) is 4.27. The molecule has 0 aliphatic carbocycles. The average molecular weight is 273 g/mol. The van der Waals surface area contributed by atoms with Gasteiger partial charge >= 0.3 is 6.09 Å². The molecular formula is C11H19N3O3S. The van der Waals surface area contributed by atoms with E-state index in [-0.39, 0.29) is 17.6 Å². The fourth-order valence-electron chi connectivity index (χ4n) is 2.55. The lowest BCUT2D eigenvalue weighted by Crippen LogP contribution is -2.58. The Labute approximate surface area is 110 Å². The van der Waals surface area contributed by atoms with E-state index in [0.717, 1.165) is 12.2 Å². The minimum absolute atomic E-state index is 0.0489. The number of hydrogen-bond acceptors (Lipinski definition) is 4. The Hall–Kier alpha value is -0.950. The van der Waals surface area contributed by atoms with Gasteiger partial charge in [0.05, 0.1) is 11.7 Å². The number of nitrogens with one attached hydrogen (secondary N) is 2. The van der Waals surface area contributed by atoms with Crippen molar-refractivity contribution in [3.8, 4) is 0 Å². The minimum atomic E-state index is -0.881. The molecule has 2 aliphatic heterocycles. The fourth-order valence-corrected chi connectivity index (χ4v) is 3.02. The van der Waals surface area contributed by atoms with Gasteiger partial charge in [0.2, 0.25) is 5.91 Å². The van der Waals surface area contributed by atoms with Crippen LogP contribution in [-0.2, 0) is 4.79 Å². The maximum Gasteiger partial charge on any atom is 0.407 e. The van der Waals surface area contributed by atoms with Crippen LogP contribution in [0, 0.1) is 0 Å². The minimum Gasteiger partial charge on any atom is -0.465 e. The van der Waals surface area contributed by atoms with Crippen molar-refractivity contribution in [1.29, 1.82) is 0 Å². The van der Waals surface area contributed by atoms with E-state index in [9.17, 15) is 9.59 Å². The number of likely N-dealkylation sites (tertiary alicyclic amines) is 1. The van der Waals surface area contributed by atoms with E-state index in [1.807, 2.05) is 6.26 Å². The summed E-state index contributed by atoms with van der Waals surface area (Å²) < 4.78 is 0. The number of hydrogen-bond donors (Lipinski definition) is 3. The van der Waals surface area contributed by atoms with E-state index >= 15 is 0 Å². The predicted octanol–water partition coefficient (Wildman–Crippen LogP) is 0.298. The smallest absolute Gasteiger partial charge is 0.407 e. The molecule has 7 heteroatoms. The van der Waals surface area contributed by atoms with Gasteiger partial charge in [-0.25, -0.2) is 4.79 Å². The number of carbonyl (C=O) groups excluding carboxylic acids is 1. The first-order chi connectivity index (χ1) is 8.56. The average Bonchev–Trinajstić information content (AvgIpc) is 2.63. The highest BCUT2D eigenvalue weighted by molar-refractivity contribution is 7.98. The molecular weight excluding hydrogens is 254 g/mol. The van der Waals surface area contributed by atoms with Crippen molar-refractivity contribution >= 4 is 23.8 Å². The molecule has 2 saturated heterocycles.